The molecule has 0 bridgehead atoms. The first-order valence-corrected chi connectivity index (χ1v) is 16.4. The molecule has 6 rings (SSSR count). The second-order valence-electron chi connectivity index (χ2n) is 14.2. The molecule has 14 nitrogen and oxygen atoms in total. The van der Waals surface area contributed by atoms with Crippen molar-refractivity contribution >= 4 is 58.2 Å². The summed E-state index contributed by atoms with van der Waals surface area (Å²) in [4.78, 5) is 47.8. The van der Waals surface area contributed by atoms with Gasteiger partial charge in [0.05, 0.1) is 16.8 Å². The maximum absolute atomic E-state index is 12.9. The molecule has 2 saturated heterocycles. The molecular formula is C36H55ClN10O4. The molecule has 0 saturated carbocycles. The van der Waals surface area contributed by atoms with Crippen LogP contribution in [0.3, 0.4) is 0 Å². The lowest BCUT2D eigenvalue weighted by atomic mass is 9.92. The highest BCUT2D eigenvalue weighted by molar-refractivity contribution is 5.93. The Labute approximate surface area is 327 Å². The third-order valence-electron chi connectivity index (χ3n) is 8.09. The van der Waals surface area contributed by atoms with Gasteiger partial charge >= 0.3 is 12.2 Å². The van der Waals surface area contributed by atoms with Gasteiger partial charge in [0.25, 0.3) is 0 Å². The Hall–Kier alpha value is -4.17. The molecule has 4 atom stereocenters. The first kappa shape index (κ1) is 23.4. The number of hydrogen-bond donors (Lipinski definition) is 2. The number of H-pyrrole nitrogens is 1. The monoisotopic (exact) mass is 742 g/mol. The zero-order chi connectivity index (χ0) is 50.1. The van der Waals surface area contributed by atoms with Crippen LogP contribution in [0.25, 0.3) is 22.1 Å². The summed E-state index contributed by atoms with van der Waals surface area (Å²) in [5.41, 5.74) is -1.38. The Morgan fingerprint density at radius 1 is 0.902 bits per heavy atom. The number of carbonyl (C=O) groups excluding carboxylic acids is 2. The highest BCUT2D eigenvalue weighted by Gasteiger charge is 2.35. The van der Waals surface area contributed by atoms with Crippen molar-refractivity contribution < 1.29 is 38.3 Å². The van der Waals surface area contributed by atoms with Crippen molar-refractivity contribution in [2.45, 2.75) is 91.4 Å². The van der Waals surface area contributed by atoms with Gasteiger partial charge in [-0.2, -0.15) is 0 Å². The molecule has 6 heterocycles. The molecule has 0 spiro atoms. The Morgan fingerprint density at radius 2 is 1.55 bits per heavy atom. The molecule has 2 aliphatic heterocycles. The summed E-state index contributed by atoms with van der Waals surface area (Å²) < 4.78 is 130. The fraction of sp³-hybridized carbons (Fsp3) is 0.611. The molecule has 2 N–H and O–H groups in total. The SMILES string of the molecule is [2H]Cl.[2H]c1nc(N([C@H]2CN(C(=O)OC(C)(C)C)CC[C@H]2C([2H])([2H])[2H])C([2H])([2H])[2H])c2ccn(C(=O)OC(C)(C)C)c2n1.[2H]c1nc(N([C@H]2CNCC[C@H]2C([2H])([2H])[2H])C([2H])([2H])[2H])c2cc[nH]c2n1. The average molecular weight is 742 g/mol. The van der Waals surface area contributed by atoms with Crippen molar-refractivity contribution in [3.63, 3.8) is 0 Å². The lowest BCUT2D eigenvalue weighted by Crippen LogP contribution is -2.53. The van der Waals surface area contributed by atoms with E-state index in [1.165, 1.54) is 17.2 Å². The molecule has 0 unspecified atom stereocenters. The largest absolute Gasteiger partial charge is 0.444 e. The van der Waals surface area contributed by atoms with E-state index in [1.807, 2.05) is 0 Å². The van der Waals surface area contributed by atoms with Gasteiger partial charge in [-0.05, 0) is 84.9 Å². The maximum Gasteiger partial charge on any atom is 0.420 e. The number of carbonyl (C=O) groups is 2. The Kier molecular flexibility index (Phi) is 7.35. The number of aromatic amines is 1. The zero-order valence-corrected chi connectivity index (χ0v) is 30.2. The summed E-state index contributed by atoms with van der Waals surface area (Å²) in [6.45, 7) is 0.212. The van der Waals surface area contributed by atoms with Crippen molar-refractivity contribution in [1.82, 2.24) is 39.7 Å². The molecular weight excluding hydrogens is 672 g/mol. The van der Waals surface area contributed by atoms with Gasteiger partial charge in [0.1, 0.15) is 45.0 Å². The first-order chi connectivity index (χ1) is 30.2. The van der Waals surface area contributed by atoms with Gasteiger partial charge in [-0.3, -0.25) is 0 Å². The van der Waals surface area contributed by atoms with Crippen LogP contribution in [0.4, 0.5) is 21.2 Å². The van der Waals surface area contributed by atoms with E-state index in [1.54, 1.807) is 53.8 Å². The molecule has 0 aromatic carbocycles. The molecule has 4 aromatic rings. The number of ether oxygens (including phenoxy) is 2. The topological polar surface area (TPSA) is 147 Å². The Morgan fingerprint density at radius 3 is 2.24 bits per heavy atom. The van der Waals surface area contributed by atoms with E-state index in [4.69, 9.17) is 29.8 Å². The molecule has 4 aromatic heterocycles. The van der Waals surface area contributed by atoms with Gasteiger partial charge in [-0.15, -0.1) is 12.3 Å². The minimum atomic E-state index is -2.94. The van der Waals surface area contributed by atoms with Crippen LogP contribution in [-0.4, -0.2) is 111 Å². The van der Waals surface area contributed by atoms with Crippen molar-refractivity contribution in [2.24, 2.45) is 11.8 Å². The predicted molar refractivity (Wildman–Crippen MR) is 203 cm³/mol. The summed E-state index contributed by atoms with van der Waals surface area (Å²) in [7, 11) is 0. The van der Waals surface area contributed by atoms with Crippen LogP contribution in [-0.2, 0) is 9.47 Å². The quantitative estimate of drug-likeness (QED) is 0.250. The van der Waals surface area contributed by atoms with Gasteiger partial charge in [0.15, 0.2) is 5.65 Å². The third kappa shape index (κ3) is 9.39. The number of likely N-dealkylation sites (N-methyl/N-ethyl adjacent to an activating group) is 2. The molecule has 2 aliphatic rings. The summed E-state index contributed by atoms with van der Waals surface area (Å²) in [6, 6.07) is 0.976. The van der Waals surface area contributed by atoms with Crippen LogP contribution < -0.4 is 15.1 Å². The lowest BCUT2D eigenvalue weighted by Gasteiger charge is -2.42. The standard InChI is InChI=1S/C23H35N5O4.C13H19N5.ClH/c1-15-9-11-27(20(29)31-22(2,3)4)13-17(15)26(8)18-16-10-12-28(19(16)25-14-24-18)21(30)32-23(5,6)7;1-9-3-5-14-7-11(9)18(2)13-10-4-6-15-12(10)16-8-17-13;/h10,12,14-15,17H,9,11,13H2,1-8H3;4,6,8-9,11,14H,3,5,7H2,1-2H3,(H,15,16,17);1H/t15-,17+;9-,11+;/m11./s1/i1D3,8D3,14D;1D3,2D3,8D;/hD. The van der Waals surface area contributed by atoms with E-state index in [-0.39, 0.29) is 55.0 Å². The Balaban J connectivity index is 0.000000303. The summed E-state index contributed by atoms with van der Waals surface area (Å²) in [6.07, 6.45) is 0.817. The lowest BCUT2D eigenvalue weighted by molar-refractivity contribution is 0.0165. The van der Waals surface area contributed by atoms with Crippen molar-refractivity contribution in [1.29, 1.82) is 1.17 Å². The number of likely N-dealkylation sites (tertiary alicyclic amines) is 1. The highest BCUT2D eigenvalue weighted by Crippen LogP contribution is 2.31. The van der Waals surface area contributed by atoms with E-state index >= 15 is 0 Å². The molecule has 15 heteroatoms. The number of amides is 1. The number of fused-ring (bicyclic) bond motifs is 2. The number of hydrogen-bond acceptors (Lipinski definition) is 11. The van der Waals surface area contributed by atoms with Crippen LogP contribution in [0.5, 0.6) is 0 Å². The summed E-state index contributed by atoms with van der Waals surface area (Å²) in [5, 5.41) is 3.63. The van der Waals surface area contributed by atoms with E-state index in [9.17, 15) is 9.59 Å². The van der Waals surface area contributed by atoms with Gasteiger partial charge in [0.2, 0.25) is 0 Å². The van der Waals surface area contributed by atoms with Gasteiger partial charge in [-0.25, -0.2) is 34.1 Å². The number of anilines is 2. The zero-order valence-electron chi connectivity index (χ0n) is 44.5. The van der Waals surface area contributed by atoms with E-state index in [0.29, 0.717) is 24.0 Å². The molecule has 0 radical (unpaired) electrons. The van der Waals surface area contributed by atoms with Gasteiger partial charge in [-0.1, -0.05) is 13.7 Å². The van der Waals surface area contributed by atoms with Crippen molar-refractivity contribution in [3.05, 3.63) is 37.1 Å². The number of piperidine rings is 2. The molecule has 280 valence electrons. The summed E-state index contributed by atoms with van der Waals surface area (Å²) >= 11 is 3.89. The van der Waals surface area contributed by atoms with Gasteiger partial charge < -0.3 is 34.5 Å². The van der Waals surface area contributed by atoms with Crippen LogP contribution in [0, 0.1) is 11.8 Å². The van der Waals surface area contributed by atoms with Crippen LogP contribution in [0.1, 0.15) is 87.3 Å². The predicted octanol–water partition coefficient (Wildman–Crippen LogP) is 6.11. The van der Waals surface area contributed by atoms with Crippen LogP contribution >= 0.6 is 12.3 Å². The van der Waals surface area contributed by atoms with Crippen molar-refractivity contribution in [3.8, 4) is 0 Å². The van der Waals surface area contributed by atoms with Crippen molar-refractivity contribution in [2.75, 3.05) is 49.9 Å². The minimum Gasteiger partial charge on any atom is -0.444 e. The third-order valence-corrected chi connectivity index (χ3v) is 8.09. The number of nitrogens with one attached hydrogen (secondary N) is 2. The highest BCUT2D eigenvalue weighted by atomic mass is 35.5. The fourth-order valence-corrected chi connectivity index (χ4v) is 5.65. The summed E-state index contributed by atoms with van der Waals surface area (Å²) in [5.74, 6) is -2.16. The second-order valence-corrected chi connectivity index (χ2v) is 14.2. The van der Waals surface area contributed by atoms with E-state index < -0.39 is 81.3 Å². The smallest absolute Gasteiger partial charge is 0.420 e. The second kappa shape index (κ2) is 16.0. The normalized spacial score (nSPS) is 26.1. The number of aromatic nitrogens is 6. The van der Waals surface area contributed by atoms with Crippen LogP contribution in [0.15, 0.2) is 37.1 Å². The molecule has 1 amide bonds. The minimum absolute atomic E-state index is 0.0200. The maximum atomic E-state index is 12.9. The number of rotatable bonds is 4. The first-order valence-electron chi connectivity index (χ1n) is 23.7. The number of nitrogens with zero attached hydrogens (tertiary/aromatic N) is 8. The van der Waals surface area contributed by atoms with Crippen LogP contribution in [0.2, 0.25) is 0 Å². The van der Waals surface area contributed by atoms with E-state index in [0.717, 1.165) is 14.4 Å². The van der Waals surface area contributed by atoms with E-state index in [2.05, 4.69) is 42.6 Å². The molecule has 51 heavy (non-hydrogen) atoms. The van der Waals surface area contributed by atoms with Gasteiger partial charge in [0, 0.05) is 68.5 Å². The fourth-order valence-electron chi connectivity index (χ4n) is 5.65. The Bertz CT molecular complexity index is 2310. The molecule has 0 aliphatic carbocycles. The average Bonchev–Trinajstić information content (AvgIpc) is 3.80. The number of halogens is 1. The molecule has 2 fully saturated rings.